The second-order valence-corrected chi connectivity index (χ2v) is 7.33. The maximum Gasteiger partial charge on any atom is 0.344 e. The maximum atomic E-state index is 12.4. The second-order valence-electron chi connectivity index (χ2n) is 6.29. The molecule has 0 unspecified atom stereocenters. The van der Waals surface area contributed by atoms with Crippen LogP contribution in [0.2, 0.25) is 0 Å². The predicted octanol–water partition coefficient (Wildman–Crippen LogP) is 4.80. The van der Waals surface area contributed by atoms with E-state index in [0.717, 1.165) is 11.8 Å². The number of phenolic OH excluding ortho intramolecular Hbond substituents is 1. The molecule has 30 heavy (non-hydrogen) atoms. The fourth-order valence-corrected chi connectivity index (χ4v) is 3.74. The molecule has 1 heterocycles. The summed E-state index contributed by atoms with van der Waals surface area (Å²) in [5.74, 6) is -0.874. The van der Waals surface area contributed by atoms with E-state index in [-0.39, 0.29) is 40.1 Å². The quantitative estimate of drug-likeness (QED) is 0.400. The van der Waals surface area contributed by atoms with Gasteiger partial charge in [-0.15, -0.1) is 0 Å². The summed E-state index contributed by atoms with van der Waals surface area (Å²) >= 11 is 1.05. The molecule has 2 aromatic carbocycles. The number of aliphatic hydroxyl groups is 1. The smallest absolute Gasteiger partial charge is 0.344 e. The normalized spacial score (nSPS) is 16.3. The van der Waals surface area contributed by atoms with E-state index in [1.807, 2.05) is 0 Å². The van der Waals surface area contributed by atoms with Crippen LogP contribution < -0.4 is 0 Å². The zero-order valence-corrected chi connectivity index (χ0v) is 17.0. The summed E-state index contributed by atoms with van der Waals surface area (Å²) in [6, 6.07) is 10.6. The third kappa shape index (κ3) is 4.52. The summed E-state index contributed by atoms with van der Waals surface area (Å²) in [5, 5.41) is 31.5. The molecule has 1 aliphatic rings. The molecule has 0 atom stereocenters. The monoisotopic (exact) mass is 426 g/mol. The zero-order valence-electron chi connectivity index (χ0n) is 16.2. The Kier molecular flexibility index (Phi) is 6.22. The van der Waals surface area contributed by atoms with Crippen LogP contribution in [0.25, 0.3) is 6.08 Å². The van der Waals surface area contributed by atoms with Crippen molar-refractivity contribution in [2.75, 3.05) is 6.61 Å². The van der Waals surface area contributed by atoms with E-state index in [2.05, 4.69) is 4.99 Å². The van der Waals surface area contributed by atoms with E-state index in [4.69, 9.17) is 4.74 Å². The van der Waals surface area contributed by atoms with Crippen molar-refractivity contribution in [2.24, 2.45) is 4.99 Å². The Bertz CT molecular complexity index is 1120. The van der Waals surface area contributed by atoms with Gasteiger partial charge in [0.25, 0.3) is 5.69 Å². The van der Waals surface area contributed by atoms with E-state index in [1.165, 1.54) is 24.3 Å². The largest absolute Gasteiger partial charge is 0.508 e. The highest BCUT2D eigenvalue weighted by Crippen LogP contribution is 2.40. The third-order valence-electron chi connectivity index (χ3n) is 4.16. The van der Waals surface area contributed by atoms with Gasteiger partial charge in [0.15, 0.2) is 0 Å². The fraction of sp³-hybridized carbons (Fsp3) is 0.143. The number of esters is 1. The van der Waals surface area contributed by atoms with Crippen molar-refractivity contribution in [2.45, 2.75) is 13.8 Å². The molecular formula is C21H18N2O6S. The number of benzene rings is 2. The Labute approximate surface area is 176 Å². The number of aliphatic hydroxyl groups excluding tert-OH is 1. The Morgan fingerprint density at radius 1 is 1.27 bits per heavy atom. The molecule has 3 rings (SSSR count). The van der Waals surface area contributed by atoms with E-state index in [0.29, 0.717) is 16.0 Å². The van der Waals surface area contributed by atoms with Crippen molar-refractivity contribution in [3.8, 4) is 5.75 Å². The number of aryl methyl sites for hydroxylation is 1. The van der Waals surface area contributed by atoms with Gasteiger partial charge in [0.2, 0.25) is 0 Å². The molecular weight excluding hydrogens is 408 g/mol. The number of non-ortho nitro benzene ring substituents is 1. The van der Waals surface area contributed by atoms with Crippen LogP contribution in [0, 0.1) is 17.0 Å². The molecule has 2 N–H and O–H groups in total. The molecule has 0 aromatic heterocycles. The van der Waals surface area contributed by atoms with Crippen LogP contribution in [0.5, 0.6) is 5.75 Å². The molecule has 0 bridgehead atoms. The van der Waals surface area contributed by atoms with E-state index < -0.39 is 10.9 Å². The zero-order chi connectivity index (χ0) is 21.8. The van der Waals surface area contributed by atoms with E-state index in [1.54, 1.807) is 38.1 Å². The lowest BCUT2D eigenvalue weighted by molar-refractivity contribution is -0.384. The average molecular weight is 426 g/mol. The third-order valence-corrected chi connectivity index (χ3v) is 5.18. The molecule has 0 aliphatic carbocycles. The molecule has 2 aromatic rings. The number of carbonyl (C=O) groups is 1. The molecule has 0 spiro atoms. The van der Waals surface area contributed by atoms with Gasteiger partial charge >= 0.3 is 5.97 Å². The Balaban J connectivity index is 2.06. The van der Waals surface area contributed by atoms with Gasteiger partial charge in [0.1, 0.15) is 22.1 Å². The summed E-state index contributed by atoms with van der Waals surface area (Å²) in [6.45, 7) is 3.50. The number of nitro benzene ring substituents is 1. The number of phenols is 1. The van der Waals surface area contributed by atoms with Gasteiger partial charge in [0, 0.05) is 12.1 Å². The van der Waals surface area contributed by atoms with Gasteiger partial charge in [-0.05, 0) is 49.2 Å². The van der Waals surface area contributed by atoms with Crippen LogP contribution in [0.3, 0.4) is 0 Å². The first-order chi connectivity index (χ1) is 14.3. The molecule has 8 nitrogen and oxygen atoms in total. The van der Waals surface area contributed by atoms with Crippen molar-refractivity contribution >= 4 is 40.2 Å². The Morgan fingerprint density at radius 3 is 2.70 bits per heavy atom. The van der Waals surface area contributed by atoms with Crippen molar-refractivity contribution in [3.05, 3.63) is 79.9 Å². The van der Waals surface area contributed by atoms with Crippen molar-refractivity contribution in [3.63, 3.8) is 0 Å². The number of rotatable bonds is 5. The minimum absolute atomic E-state index is 0.102. The van der Waals surface area contributed by atoms with Gasteiger partial charge in [0.05, 0.1) is 22.1 Å². The molecule has 0 fully saturated rings. The number of aliphatic imine (C=N–C) groups is 1. The number of nitro groups is 1. The number of hydrogen-bond acceptors (Lipinski definition) is 8. The summed E-state index contributed by atoms with van der Waals surface area (Å²) < 4.78 is 5.04. The van der Waals surface area contributed by atoms with Crippen LogP contribution in [0.1, 0.15) is 18.1 Å². The van der Waals surface area contributed by atoms with Crippen molar-refractivity contribution in [1.29, 1.82) is 0 Å². The number of hydrogen-bond donors (Lipinski definition) is 2. The van der Waals surface area contributed by atoms with Crippen LogP contribution in [0.15, 0.2) is 63.7 Å². The van der Waals surface area contributed by atoms with Gasteiger partial charge in [-0.3, -0.25) is 10.1 Å². The van der Waals surface area contributed by atoms with Gasteiger partial charge in [-0.25, -0.2) is 9.79 Å². The lowest BCUT2D eigenvalue weighted by Gasteiger charge is -2.03. The molecule has 0 amide bonds. The van der Waals surface area contributed by atoms with Crippen LogP contribution in [-0.2, 0) is 9.53 Å². The number of thioether (sulfide) groups is 1. The standard InChI is InChI=1S/C21H18N2O6S/c1-3-29-21(26)18-19(25)17(10-13-7-8-16(24)12(2)9-13)30-20(18)22-14-5-4-6-15(11-14)23(27)28/h4-11,24-25H,3H2,1-2H3. The summed E-state index contributed by atoms with van der Waals surface area (Å²) in [4.78, 5) is 27.6. The van der Waals surface area contributed by atoms with Gasteiger partial charge in [-0.2, -0.15) is 0 Å². The number of aromatic hydroxyl groups is 1. The average Bonchev–Trinajstić information content (AvgIpc) is 3.00. The highest BCUT2D eigenvalue weighted by molar-refractivity contribution is 8.18. The van der Waals surface area contributed by atoms with Gasteiger partial charge in [-0.1, -0.05) is 23.9 Å². The molecule has 154 valence electrons. The maximum absolute atomic E-state index is 12.4. The van der Waals surface area contributed by atoms with Crippen LogP contribution in [-0.4, -0.2) is 32.8 Å². The minimum Gasteiger partial charge on any atom is -0.508 e. The first-order valence-electron chi connectivity index (χ1n) is 8.93. The molecule has 0 saturated carbocycles. The van der Waals surface area contributed by atoms with Crippen LogP contribution in [0.4, 0.5) is 11.4 Å². The van der Waals surface area contributed by atoms with E-state index >= 15 is 0 Å². The Hall–Kier alpha value is -3.59. The first kappa shape index (κ1) is 21.1. The second kappa shape index (κ2) is 8.83. The highest BCUT2D eigenvalue weighted by Gasteiger charge is 2.33. The van der Waals surface area contributed by atoms with Crippen molar-refractivity contribution < 1.29 is 24.7 Å². The lowest BCUT2D eigenvalue weighted by Crippen LogP contribution is -2.12. The topological polar surface area (TPSA) is 122 Å². The first-order valence-corrected chi connectivity index (χ1v) is 9.75. The van der Waals surface area contributed by atoms with Crippen LogP contribution >= 0.6 is 11.8 Å². The molecule has 0 saturated heterocycles. The highest BCUT2D eigenvalue weighted by atomic mass is 32.2. The summed E-state index contributed by atoms with van der Waals surface area (Å²) in [6.07, 6.45) is 1.65. The number of nitrogens with zero attached hydrogens (tertiary/aromatic N) is 2. The van der Waals surface area contributed by atoms with E-state index in [9.17, 15) is 25.1 Å². The molecule has 9 heteroatoms. The molecule has 1 aliphatic heterocycles. The Morgan fingerprint density at radius 2 is 2.03 bits per heavy atom. The van der Waals surface area contributed by atoms with Crippen molar-refractivity contribution in [1.82, 2.24) is 0 Å². The summed E-state index contributed by atoms with van der Waals surface area (Å²) in [5.41, 5.74) is 1.39. The fourth-order valence-electron chi connectivity index (χ4n) is 2.71. The number of ether oxygens (including phenoxy) is 1. The minimum atomic E-state index is -0.739. The predicted molar refractivity (Wildman–Crippen MR) is 115 cm³/mol. The summed E-state index contributed by atoms with van der Waals surface area (Å²) in [7, 11) is 0. The van der Waals surface area contributed by atoms with Gasteiger partial charge < -0.3 is 14.9 Å². The SMILES string of the molecule is CCOC(=O)C1=C(O)C(=Cc2ccc(O)c(C)c2)SC1=Nc1cccc([N+](=O)[O-])c1. The lowest BCUT2D eigenvalue weighted by atomic mass is 10.1. The number of carbonyl (C=O) groups excluding carboxylic acids is 1. The molecule has 0 radical (unpaired) electrons.